The summed E-state index contributed by atoms with van der Waals surface area (Å²) in [6, 6.07) is 12.4. The fourth-order valence-corrected chi connectivity index (χ4v) is 2.53. The van der Waals surface area contributed by atoms with Crippen molar-refractivity contribution in [1.82, 2.24) is 16.2 Å². The van der Waals surface area contributed by atoms with E-state index >= 15 is 0 Å². The second kappa shape index (κ2) is 10.3. The molecule has 28 heavy (non-hydrogen) atoms. The van der Waals surface area contributed by atoms with Crippen LogP contribution in [0, 0.1) is 0 Å². The van der Waals surface area contributed by atoms with Gasteiger partial charge in [-0.1, -0.05) is 18.2 Å². The summed E-state index contributed by atoms with van der Waals surface area (Å²) in [6.07, 6.45) is 0. The van der Waals surface area contributed by atoms with Gasteiger partial charge in [0, 0.05) is 11.3 Å². The number of thiocarbonyl (C=S) groups is 2. The maximum atomic E-state index is 12.5. The van der Waals surface area contributed by atoms with Gasteiger partial charge in [0.2, 0.25) is 5.75 Å². The minimum Gasteiger partial charge on any atom is -0.493 e. The minimum absolute atomic E-state index is 0.0379. The number of ether oxygens (including phenoxy) is 3. The van der Waals surface area contributed by atoms with E-state index in [4.69, 9.17) is 38.6 Å². The Balaban J connectivity index is 1.95. The fraction of sp³-hybridized carbons (Fsp3) is 0.167. The van der Waals surface area contributed by atoms with Crippen LogP contribution in [0.5, 0.6) is 17.2 Å². The van der Waals surface area contributed by atoms with Crippen LogP contribution in [0.3, 0.4) is 0 Å². The number of hydrazine groups is 1. The van der Waals surface area contributed by atoms with Gasteiger partial charge in [0.05, 0.1) is 21.3 Å². The van der Waals surface area contributed by atoms with Crippen molar-refractivity contribution in [3.8, 4) is 17.2 Å². The van der Waals surface area contributed by atoms with E-state index in [0.29, 0.717) is 17.2 Å². The molecule has 0 aliphatic heterocycles. The van der Waals surface area contributed by atoms with Crippen LogP contribution < -0.4 is 35.7 Å². The van der Waals surface area contributed by atoms with Crippen molar-refractivity contribution in [2.45, 2.75) is 0 Å². The van der Waals surface area contributed by atoms with Gasteiger partial charge < -0.3 is 19.5 Å². The molecule has 0 fully saturated rings. The minimum atomic E-state index is -0.458. The van der Waals surface area contributed by atoms with Crippen molar-refractivity contribution >= 4 is 46.3 Å². The lowest BCUT2D eigenvalue weighted by molar-refractivity contribution is 0.0975. The van der Waals surface area contributed by atoms with Crippen molar-refractivity contribution in [2.24, 2.45) is 0 Å². The zero-order valence-corrected chi connectivity index (χ0v) is 17.1. The molecule has 8 nitrogen and oxygen atoms in total. The molecular weight excluding hydrogens is 400 g/mol. The number of hydrogen-bond donors (Lipinski definition) is 4. The molecule has 2 aromatic carbocycles. The van der Waals surface area contributed by atoms with Gasteiger partial charge in [-0.05, 0) is 48.7 Å². The van der Waals surface area contributed by atoms with Gasteiger partial charge in [-0.3, -0.25) is 21.0 Å². The number of amides is 1. The molecule has 0 aliphatic rings. The van der Waals surface area contributed by atoms with E-state index < -0.39 is 5.91 Å². The van der Waals surface area contributed by atoms with Crippen LogP contribution in [0.25, 0.3) is 0 Å². The van der Waals surface area contributed by atoms with Gasteiger partial charge in [-0.15, -0.1) is 0 Å². The molecule has 0 saturated carbocycles. The van der Waals surface area contributed by atoms with Crippen molar-refractivity contribution in [3.63, 3.8) is 0 Å². The molecule has 148 valence electrons. The Labute approximate surface area is 173 Å². The number of benzene rings is 2. The van der Waals surface area contributed by atoms with Crippen molar-refractivity contribution in [3.05, 3.63) is 48.0 Å². The van der Waals surface area contributed by atoms with E-state index in [1.54, 1.807) is 0 Å². The molecule has 0 spiro atoms. The van der Waals surface area contributed by atoms with Crippen molar-refractivity contribution in [2.75, 3.05) is 26.6 Å². The highest BCUT2D eigenvalue weighted by atomic mass is 32.1. The Morgan fingerprint density at radius 3 is 1.96 bits per heavy atom. The molecule has 2 rings (SSSR count). The van der Waals surface area contributed by atoms with E-state index in [0.717, 1.165) is 5.69 Å². The predicted octanol–water partition coefficient (Wildman–Crippen LogP) is 2.22. The van der Waals surface area contributed by atoms with Crippen LogP contribution in [0.15, 0.2) is 42.5 Å². The fourth-order valence-electron chi connectivity index (χ4n) is 2.22. The average Bonchev–Trinajstić information content (AvgIpc) is 2.71. The molecular formula is C18H20N4O4S2. The molecule has 0 atom stereocenters. The molecule has 0 unspecified atom stereocenters. The summed E-state index contributed by atoms with van der Waals surface area (Å²) in [5.74, 6) is 0.649. The van der Waals surface area contributed by atoms with Crippen LogP contribution in [0.2, 0.25) is 0 Å². The second-order valence-electron chi connectivity index (χ2n) is 5.27. The molecule has 2 aromatic rings. The summed E-state index contributed by atoms with van der Waals surface area (Å²) >= 11 is 10.3. The highest BCUT2D eigenvalue weighted by Gasteiger charge is 2.17. The summed E-state index contributed by atoms with van der Waals surface area (Å²) in [4.78, 5) is 12.5. The Hall–Kier alpha value is -3.11. The van der Waals surface area contributed by atoms with Crippen molar-refractivity contribution in [1.29, 1.82) is 0 Å². The summed E-state index contributed by atoms with van der Waals surface area (Å²) < 4.78 is 15.7. The number of nitrogens with one attached hydrogen (secondary N) is 4. The van der Waals surface area contributed by atoms with Crippen LogP contribution in [-0.4, -0.2) is 37.5 Å². The quantitative estimate of drug-likeness (QED) is 0.429. The van der Waals surface area contributed by atoms with E-state index in [2.05, 4.69) is 21.5 Å². The first-order valence-corrected chi connectivity index (χ1v) is 8.83. The Morgan fingerprint density at radius 1 is 0.857 bits per heavy atom. The topological polar surface area (TPSA) is 92.9 Å². The molecule has 0 aliphatic carbocycles. The number of carbonyl (C=O) groups is 1. The molecule has 4 N–H and O–H groups in total. The number of hydrogen-bond acceptors (Lipinski definition) is 6. The molecule has 0 radical (unpaired) electrons. The standard InChI is InChI=1S/C18H20N4O4S2/c1-24-13-9-11(10-14(25-2)15(13)26-3)16(23)20-18(28)22-21-17(27)19-12-7-5-4-6-8-12/h4-10H,1-3H3,(H2,19,21,27)(H2,20,22,23,28). The number of para-hydroxylation sites is 1. The lowest BCUT2D eigenvalue weighted by atomic mass is 10.1. The Kier molecular flexibility index (Phi) is 7.78. The smallest absolute Gasteiger partial charge is 0.257 e. The van der Waals surface area contributed by atoms with E-state index in [1.807, 2.05) is 30.3 Å². The zero-order chi connectivity index (χ0) is 20.5. The first kappa shape index (κ1) is 21.2. The van der Waals surface area contributed by atoms with E-state index in [1.165, 1.54) is 33.5 Å². The van der Waals surface area contributed by atoms with Gasteiger partial charge in [0.25, 0.3) is 5.91 Å². The van der Waals surface area contributed by atoms with Gasteiger partial charge in [-0.25, -0.2) is 0 Å². The van der Waals surface area contributed by atoms with Gasteiger partial charge >= 0.3 is 0 Å². The monoisotopic (exact) mass is 420 g/mol. The van der Waals surface area contributed by atoms with E-state index in [9.17, 15) is 4.79 Å². The number of rotatable bonds is 5. The molecule has 0 aromatic heterocycles. The third-order valence-electron chi connectivity index (χ3n) is 3.48. The van der Waals surface area contributed by atoms with Crippen molar-refractivity contribution < 1.29 is 19.0 Å². The normalized spacial score (nSPS) is 9.68. The van der Waals surface area contributed by atoms with Crippen LogP contribution in [0.1, 0.15) is 10.4 Å². The molecule has 10 heteroatoms. The SMILES string of the molecule is COc1cc(C(=O)NC(=S)NNC(=S)Nc2ccccc2)cc(OC)c1OC. The third-order valence-corrected chi connectivity index (χ3v) is 3.88. The number of carbonyl (C=O) groups excluding carboxylic acids is 1. The third kappa shape index (κ3) is 5.69. The van der Waals surface area contributed by atoms with Crippen LogP contribution in [-0.2, 0) is 0 Å². The zero-order valence-electron chi connectivity index (χ0n) is 15.5. The lowest BCUT2D eigenvalue weighted by Gasteiger charge is -2.15. The molecule has 0 heterocycles. The Morgan fingerprint density at radius 2 is 1.43 bits per heavy atom. The highest BCUT2D eigenvalue weighted by molar-refractivity contribution is 7.80. The van der Waals surface area contributed by atoms with Gasteiger partial charge in [0.15, 0.2) is 21.7 Å². The largest absolute Gasteiger partial charge is 0.493 e. The second-order valence-corrected chi connectivity index (χ2v) is 6.08. The summed E-state index contributed by atoms with van der Waals surface area (Å²) in [5, 5.41) is 5.82. The Bertz CT molecular complexity index is 837. The maximum absolute atomic E-state index is 12.5. The van der Waals surface area contributed by atoms with E-state index in [-0.39, 0.29) is 15.8 Å². The van der Waals surface area contributed by atoms with Crippen LogP contribution in [0.4, 0.5) is 5.69 Å². The molecule has 0 bridgehead atoms. The first-order chi connectivity index (χ1) is 13.5. The highest BCUT2D eigenvalue weighted by Crippen LogP contribution is 2.38. The van der Waals surface area contributed by atoms with Gasteiger partial charge in [0.1, 0.15) is 0 Å². The predicted molar refractivity (Wildman–Crippen MR) is 115 cm³/mol. The maximum Gasteiger partial charge on any atom is 0.257 e. The lowest BCUT2D eigenvalue weighted by Crippen LogP contribution is -2.49. The number of methoxy groups -OCH3 is 3. The summed E-state index contributed by atoms with van der Waals surface area (Å²) in [7, 11) is 4.42. The number of anilines is 1. The summed E-state index contributed by atoms with van der Waals surface area (Å²) in [5.41, 5.74) is 6.43. The molecule has 1 amide bonds. The van der Waals surface area contributed by atoms with Gasteiger partial charge in [-0.2, -0.15) is 0 Å². The summed E-state index contributed by atoms with van der Waals surface area (Å²) in [6.45, 7) is 0. The first-order valence-electron chi connectivity index (χ1n) is 8.01. The van der Waals surface area contributed by atoms with Crippen LogP contribution >= 0.6 is 24.4 Å². The molecule has 0 saturated heterocycles. The average molecular weight is 421 g/mol.